The average molecular weight is 337 g/mol. The normalized spacial score (nSPS) is 11.2. The molecule has 4 heteroatoms. The van der Waals surface area contributed by atoms with Crippen LogP contribution in [0.25, 0.3) is 44.5 Å². The van der Waals surface area contributed by atoms with Gasteiger partial charge in [-0.3, -0.25) is 4.79 Å². The summed E-state index contributed by atoms with van der Waals surface area (Å²) in [6.45, 7) is 0. The first-order valence-electron chi connectivity index (χ1n) is 8.47. The van der Waals surface area contributed by atoms with Gasteiger partial charge in [0.25, 0.3) is 5.56 Å². The van der Waals surface area contributed by atoms with Gasteiger partial charge in [0.05, 0.1) is 16.6 Å². The molecule has 2 heterocycles. The summed E-state index contributed by atoms with van der Waals surface area (Å²) in [5.74, 6) is 0.581. The molecule has 4 nitrogen and oxygen atoms in total. The number of rotatable bonds is 2. The average Bonchev–Trinajstić information content (AvgIpc) is 3.11. The first-order chi connectivity index (χ1) is 12.8. The molecule has 0 amide bonds. The van der Waals surface area contributed by atoms with Crippen LogP contribution < -0.4 is 5.56 Å². The van der Waals surface area contributed by atoms with Crippen molar-refractivity contribution in [3.63, 3.8) is 0 Å². The van der Waals surface area contributed by atoms with Crippen LogP contribution >= 0.6 is 0 Å². The summed E-state index contributed by atoms with van der Waals surface area (Å²) >= 11 is 0. The van der Waals surface area contributed by atoms with E-state index in [9.17, 15) is 4.79 Å². The summed E-state index contributed by atoms with van der Waals surface area (Å²) in [5, 5.41) is 0.994. The lowest BCUT2D eigenvalue weighted by molar-refractivity contribution is 1.25. The number of imidazole rings is 1. The molecule has 0 aliphatic carbocycles. The minimum atomic E-state index is -0.151. The van der Waals surface area contributed by atoms with Gasteiger partial charge in [0.15, 0.2) is 0 Å². The molecule has 0 spiro atoms. The highest BCUT2D eigenvalue weighted by molar-refractivity contribution is 6.01. The number of pyridine rings is 1. The standard InChI is InChI=1S/C22H15N3O/c26-22-20(21-23-17-12-6-7-13-18(17)24-21)19(14-8-2-1-3-9-14)15-10-4-5-11-16(15)25-22/h1-13H,(H,23,24)(H,25,26). The van der Waals surface area contributed by atoms with E-state index in [0.717, 1.165) is 33.1 Å². The number of nitrogens with one attached hydrogen (secondary N) is 2. The highest BCUT2D eigenvalue weighted by Gasteiger charge is 2.18. The Morgan fingerprint density at radius 2 is 1.35 bits per heavy atom. The number of nitrogens with zero attached hydrogens (tertiary/aromatic N) is 1. The summed E-state index contributed by atoms with van der Waals surface area (Å²) in [4.78, 5) is 23.9. The molecule has 26 heavy (non-hydrogen) atoms. The molecule has 0 unspecified atom stereocenters. The van der Waals surface area contributed by atoms with Crippen LogP contribution in [0.4, 0.5) is 0 Å². The Morgan fingerprint density at radius 3 is 2.15 bits per heavy atom. The number of aromatic amines is 2. The van der Waals surface area contributed by atoms with Crippen molar-refractivity contribution >= 4 is 21.9 Å². The molecule has 0 saturated heterocycles. The number of para-hydroxylation sites is 3. The quantitative estimate of drug-likeness (QED) is 0.489. The van der Waals surface area contributed by atoms with Gasteiger partial charge in [-0.2, -0.15) is 0 Å². The largest absolute Gasteiger partial charge is 0.338 e. The molecule has 2 N–H and O–H groups in total. The van der Waals surface area contributed by atoms with E-state index >= 15 is 0 Å². The van der Waals surface area contributed by atoms with Gasteiger partial charge in [0.1, 0.15) is 5.82 Å². The van der Waals surface area contributed by atoms with Gasteiger partial charge in [-0.15, -0.1) is 0 Å². The van der Waals surface area contributed by atoms with Gasteiger partial charge < -0.3 is 9.97 Å². The minimum Gasteiger partial charge on any atom is -0.338 e. The number of hydrogen-bond acceptors (Lipinski definition) is 2. The monoisotopic (exact) mass is 337 g/mol. The van der Waals surface area contributed by atoms with Gasteiger partial charge in [0, 0.05) is 16.5 Å². The number of aromatic nitrogens is 3. The first kappa shape index (κ1) is 14.7. The predicted octanol–water partition coefficient (Wildman–Crippen LogP) is 4.74. The fourth-order valence-electron chi connectivity index (χ4n) is 3.44. The second-order valence-corrected chi connectivity index (χ2v) is 6.22. The van der Waals surface area contributed by atoms with Crippen LogP contribution in [-0.2, 0) is 0 Å². The highest BCUT2D eigenvalue weighted by Crippen LogP contribution is 2.34. The third kappa shape index (κ3) is 2.24. The van der Waals surface area contributed by atoms with E-state index in [-0.39, 0.29) is 5.56 Å². The van der Waals surface area contributed by atoms with Crippen molar-refractivity contribution in [2.75, 3.05) is 0 Å². The molecular formula is C22H15N3O. The van der Waals surface area contributed by atoms with E-state index in [1.54, 1.807) is 0 Å². The Hall–Kier alpha value is -3.66. The van der Waals surface area contributed by atoms with Crippen LogP contribution in [0, 0.1) is 0 Å². The zero-order valence-electron chi connectivity index (χ0n) is 13.9. The molecule has 0 aliphatic rings. The molecule has 3 aromatic carbocycles. The van der Waals surface area contributed by atoms with Gasteiger partial charge in [0.2, 0.25) is 0 Å². The van der Waals surface area contributed by atoms with Crippen LogP contribution in [0.1, 0.15) is 0 Å². The Bertz CT molecular complexity index is 1270. The van der Waals surface area contributed by atoms with Crippen molar-refractivity contribution in [3.05, 3.63) is 89.2 Å². The van der Waals surface area contributed by atoms with Gasteiger partial charge in [-0.05, 0) is 23.8 Å². The summed E-state index contributed by atoms with van der Waals surface area (Å²) in [7, 11) is 0. The molecule has 0 aliphatic heterocycles. The SMILES string of the molecule is O=c1[nH]c2ccccc2c(-c2ccccc2)c1-c1nc2ccccc2[nH]1. The van der Waals surface area contributed by atoms with Crippen LogP contribution in [0.3, 0.4) is 0 Å². The molecule has 5 aromatic rings. The lowest BCUT2D eigenvalue weighted by atomic mass is 9.96. The topological polar surface area (TPSA) is 61.5 Å². The van der Waals surface area contributed by atoms with Crippen molar-refractivity contribution in [1.82, 2.24) is 15.0 Å². The van der Waals surface area contributed by atoms with E-state index in [2.05, 4.69) is 15.0 Å². The Balaban J connectivity index is 1.93. The molecule has 2 aromatic heterocycles. The number of H-pyrrole nitrogens is 2. The van der Waals surface area contributed by atoms with E-state index < -0.39 is 0 Å². The second kappa shape index (κ2) is 5.70. The molecule has 124 valence electrons. The number of fused-ring (bicyclic) bond motifs is 2. The third-order valence-corrected chi connectivity index (χ3v) is 4.61. The van der Waals surface area contributed by atoms with Crippen molar-refractivity contribution in [1.29, 1.82) is 0 Å². The van der Waals surface area contributed by atoms with Gasteiger partial charge in [-0.1, -0.05) is 60.7 Å². The van der Waals surface area contributed by atoms with Crippen LogP contribution in [0.2, 0.25) is 0 Å². The molecule has 0 saturated carbocycles. The number of benzene rings is 3. The Labute approximate surface area is 149 Å². The summed E-state index contributed by atoms with van der Waals surface area (Å²) in [6, 6.07) is 25.6. The van der Waals surface area contributed by atoms with Gasteiger partial charge in [-0.25, -0.2) is 4.98 Å². The molecule has 5 rings (SSSR count). The smallest absolute Gasteiger partial charge is 0.260 e. The first-order valence-corrected chi connectivity index (χ1v) is 8.47. The van der Waals surface area contributed by atoms with Crippen molar-refractivity contribution in [2.24, 2.45) is 0 Å². The molecule has 0 atom stereocenters. The maximum absolute atomic E-state index is 13.0. The second-order valence-electron chi connectivity index (χ2n) is 6.22. The molecular weight excluding hydrogens is 322 g/mol. The number of hydrogen-bond donors (Lipinski definition) is 2. The summed E-state index contributed by atoms with van der Waals surface area (Å²) < 4.78 is 0. The highest BCUT2D eigenvalue weighted by atomic mass is 16.1. The maximum Gasteiger partial charge on any atom is 0.260 e. The van der Waals surface area contributed by atoms with E-state index in [1.807, 2.05) is 78.9 Å². The zero-order valence-corrected chi connectivity index (χ0v) is 13.9. The van der Waals surface area contributed by atoms with Crippen LogP contribution in [0.15, 0.2) is 83.7 Å². The Kier molecular flexibility index (Phi) is 3.22. The van der Waals surface area contributed by atoms with E-state index in [0.29, 0.717) is 11.4 Å². The van der Waals surface area contributed by atoms with E-state index in [1.165, 1.54) is 0 Å². The Morgan fingerprint density at radius 1 is 0.654 bits per heavy atom. The molecule has 0 radical (unpaired) electrons. The third-order valence-electron chi connectivity index (χ3n) is 4.61. The fourth-order valence-corrected chi connectivity index (χ4v) is 3.44. The molecule has 0 fully saturated rings. The van der Waals surface area contributed by atoms with E-state index in [4.69, 9.17) is 0 Å². The van der Waals surface area contributed by atoms with Crippen molar-refractivity contribution in [2.45, 2.75) is 0 Å². The summed E-state index contributed by atoms with van der Waals surface area (Å²) in [5.41, 5.74) is 4.86. The van der Waals surface area contributed by atoms with Crippen LogP contribution in [-0.4, -0.2) is 15.0 Å². The van der Waals surface area contributed by atoms with Gasteiger partial charge >= 0.3 is 0 Å². The minimum absolute atomic E-state index is 0.151. The predicted molar refractivity (Wildman–Crippen MR) is 105 cm³/mol. The van der Waals surface area contributed by atoms with Crippen molar-refractivity contribution < 1.29 is 0 Å². The van der Waals surface area contributed by atoms with Crippen LogP contribution in [0.5, 0.6) is 0 Å². The fraction of sp³-hybridized carbons (Fsp3) is 0. The molecule has 0 bridgehead atoms. The lowest BCUT2D eigenvalue weighted by Gasteiger charge is -2.11. The summed E-state index contributed by atoms with van der Waals surface area (Å²) in [6.07, 6.45) is 0. The maximum atomic E-state index is 13.0. The van der Waals surface area contributed by atoms with Crippen molar-refractivity contribution in [3.8, 4) is 22.5 Å². The zero-order chi connectivity index (χ0) is 17.5. The lowest BCUT2D eigenvalue weighted by Crippen LogP contribution is -2.12.